The fourth-order valence-corrected chi connectivity index (χ4v) is 1.98. The fourth-order valence-electron chi connectivity index (χ4n) is 1.81. The highest BCUT2D eigenvalue weighted by molar-refractivity contribution is 6.31. The predicted octanol–water partition coefficient (Wildman–Crippen LogP) is 4.32. The molecular weight excluding hydrogens is 297 g/mol. The molecule has 0 spiro atoms. The Morgan fingerprint density at radius 3 is 2.71 bits per heavy atom. The summed E-state index contributed by atoms with van der Waals surface area (Å²) < 4.78 is 18.9. The van der Waals surface area contributed by atoms with Crippen molar-refractivity contribution in [1.82, 2.24) is 0 Å². The lowest BCUT2D eigenvalue weighted by Gasteiger charge is -2.11. The minimum Gasteiger partial charge on any atom is -0.491 e. The van der Waals surface area contributed by atoms with Gasteiger partial charge in [0.2, 0.25) is 0 Å². The van der Waals surface area contributed by atoms with Crippen LogP contribution in [0.4, 0.5) is 15.8 Å². The van der Waals surface area contributed by atoms with Gasteiger partial charge < -0.3 is 15.2 Å². The Bertz CT molecular complexity index is 676. The smallest absolute Gasteiger partial charge is 0.337 e. The molecule has 0 atom stereocenters. The molecule has 0 aromatic heterocycles. The highest BCUT2D eigenvalue weighted by atomic mass is 35.5. The molecule has 6 heteroatoms. The second kappa shape index (κ2) is 6.45. The molecule has 0 amide bonds. The largest absolute Gasteiger partial charge is 0.491 e. The number of nitrogens with one attached hydrogen (secondary N) is 1. The minimum absolute atomic E-state index is 0.0109. The van der Waals surface area contributed by atoms with E-state index in [1.54, 1.807) is 19.1 Å². The molecule has 0 aliphatic carbocycles. The summed E-state index contributed by atoms with van der Waals surface area (Å²) in [7, 11) is 0. The fraction of sp³-hybridized carbons (Fsp3) is 0.133. The zero-order chi connectivity index (χ0) is 15.4. The first-order valence-corrected chi connectivity index (χ1v) is 6.61. The summed E-state index contributed by atoms with van der Waals surface area (Å²) in [4.78, 5) is 11.2. The number of carboxylic acids is 1. The van der Waals surface area contributed by atoms with E-state index in [0.29, 0.717) is 23.0 Å². The van der Waals surface area contributed by atoms with Crippen molar-refractivity contribution in [2.24, 2.45) is 0 Å². The van der Waals surface area contributed by atoms with Crippen LogP contribution in [0.5, 0.6) is 5.75 Å². The number of rotatable bonds is 5. The van der Waals surface area contributed by atoms with Crippen molar-refractivity contribution in [3.63, 3.8) is 0 Å². The molecule has 0 bridgehead atoms. The third-order valence-corrected chi connectivity index (χ3v) is 2.96. The van der Waals surface area contributed by atoms with Crippen molar-refractivity contribution in [3.05, 3.63) is 52.8 Å². The van der Waals surface area contributed by atoms with E-state index in [-0.39, 0.29) is 11.3 Å². The summed E-state index contributed by atoms with van der Waals surface area (Å²) in [5.41, 5.74) is 0.757. The lowest BCUT2D eigenvalue weighted by molar-refractivity contribution is 0.0698. The van der Waals surface area contributed by atoms with E-state index in [1.165, 1.54) is 24.3 Å². The van der Waals surface area contributed by atoms with Gasteiger partial charge in [-0.05, 0) is 37.3 Å². The molecule has 0 aliphatic heterocycles. The number of aromatic carboxylic acids is 1. The lowest BCUT2D eigenvalue weighted by Crippen LogP contribution is -2.03. The molecule has 4 nitrogen and oxygen atoms in total. The molecule has 0 fully saturated rings. The van der Waals surface area contributed by atoms with Gasteiger partial charge >= 0.3 is 5.97 Å². The van der Waals surface area contributed by atoms with Crippen molar-refractivity contribution < 1.29 is 19.0 Å². The van der Waals surface area contributed by atoms with Crippen molar-refractivity contribution >= 4 is 28.9 Å². The van der Waals surface area contributed by atoms with Crippen LogP contribution in [0.15, 0.2) is 36.4 Å². The second-order valence-electron chi connectivity index (χ2n) is 4.20. The molecule has 0 aliphatic rings. The summed E-state index contributed by atoms with van der Waals surface area (Å²) in [6, 6.07) is 8.75. The number of hydrogen-bond donors (Lipinski definition) is 2. The number of benzene rings is 2. The first kappa shape index (κ1) is 15.1. The quantitative estimate of drug-likeness (QED) is 0.863. The van der Waals surface area contributed by atoms with E-state index in [2.05, 4.69) is 5.32 Å². The van der Waals surface area contributed by atoms with Crippen LogP contribution in [0.2, 0.25) is 5.02 Å². The van der Waals surface area contributed by atoms with E-state index < -0.39 is 11.8 Å². The first-order valence-electron chi connectivity index (χ1n) is 6.23. The van der Waals surface area contributed by atoms with Crippen LogP contribution in [0, 0.1) is 5.82 Å². The Labute approximate surface area is 126 Å². The van der Waals surface area contributed by atoms with Gasteiger partial charge in [-0.25, -0.2) is 9.18 Å². The molecule has 0 heterocycles. The van der Waals surface area contributed by atoms with Gasteiger partial charge in [-0.3, -0.25) is 0 Å². The van der Waals surface area contributed by atoms with E-state index in [1.807, 2.05) is 0 Å². The molecule has 2 aromatic carbocycles. The summed E-state index contributed by atoms with van der Waals surface area (Å²) in [5, 5.41) is 12.3. The Morgan fingerprint density at radius 2 is 2.10 bits per heavy atom. The highest BCUT2D eigenvalue weighted by Crippen LogP contribution is 2.27. The van der Waals surface area contributed by atoms with Gasteiger partial charge in [0, 0.05) is 16.8 Å². The van der Waals surface area contributed by atoms with Crippen LogP contribution in [0.3, 0.4) is 0 Å². The van der Waals surface area contributed by atoms with Gasteiger partial charge in [0.15, 0.2) is 11.6 Å². The molecule has 0 saturated carbocycles. The van der Waals surface area contributed by atoms with Crippen molar-refractivity contribution in [2.75, 3.05) is 11.9 Å². The SMILES string of the molecule is CCOc1ccc(Nc2ccc(Cl)cc2C(=O)O)cc1F. The maximum atomic E-state index is 13.8. The third kappa shape index (κ3) is 3.64. The molecule has 2 N–H and O–H groups in total. The molecule has 2 rings (SSSR count). The highest BCUT2D eigenvalue weighted by Gasteiger charge is 2.12. The molecule has 0 saturated heterocycles. The van der Waals surface area contributed by atoms with Crippen molar-refractivity contribution in [1.29, 1.82) is 0 Å². The van der Waals surface area contributed by atoms with Gasteiger partial charge in [-0.15, -0.1) is 0 Å². The van der Waals surface area contributed by atoms with Gasteiger partial charge in [-0.1, -0.05) is 11.6 Å². The zero-order valence-corrected chi connectivity index (χ0v) is 11.9. The maximum absolute atomic E-state index is 13.8. The third-order valence-electron chi connectivity index (χ3n) is 2.72. The van der Waals surface area contributed by atoms with Crippen LogP contribution < -0.4 is 10.1 Å². The van der Waals surface area contributed by atoms with Gasteiger partial charge in [0.1, 0.15) is 0 Å². The lowest BCUT2D eigenvalue weighted by atomic mass is 10.1. The molecule has 110 valence electrons. The van der Waals surface area contributed by atoms with Gasteiger partial charge in [0.05, 0.1) is 17.9 Å². The number of carbonyl (C=O) groups is 1. The topological polar surface area (TPSA) is 58.6 Å². The number of ether oxygens (including phenoxy) is 1. The first-order chi connectivity index (χ1) is 10.0. The van der Waals surface area contributed by atoms with Crippen molar-refractivity contribution in [2.45, 2.75) is 6.92 Å². The number of halogens is 2. The molecule has 0 unspecified atom stereocenters. The Balaban J connectivity index is 2.30. The van der Waals surface area contributed by atoms with Crippen LogP contribution in [0.25, 0.3) is 0 Å². The Kier molecular flexibility index (Phi) is 4.65. The Hall–Kier alpha value is -2.27. The van der Waals surface area contributed by atoms with Crippen LogP contribution in [-0.2, 0) is 0 Å². The van der Waals surface area contributed by atoms with E-state index in [9.17, 15) is 9.18 Å². The number of hydrogen-bond acceptors (Lipinski definition) is 3. The summed E-state index contributed by atoms with van der Waals surface area (Å²) >= 11 is 5.78. The Morgan fingerprint density at radius 1 is 1.33 bits per heavy atom. The monoisotopic (exact) mass is 309 g/mol. The van der Waals surface area contributed by atoms with E-state index in [4.69, 9.17) is 21.4 Å². The van der Waals surface area contributed by atoms with Crippen LogP contribution in [-0.4, -0.2) is 17.7 Å². The maximum Gasteiger partial charge on any atom is 0.337 e. The van der Waals surface area contributed by atoms with Gasteiger partial charge in [-0.2, -0.15) is 0 Å². The molecule has 21 heavy (non-hydrogen) atoms. The van der Waals surface area contributed by atoms with E-state index in [0.717, 1.165) is 0 Å². The average molecular weight is 310 g/mol. The minimum atomic E-state index is -1.12. The van der Waals surface area contributed by atoms with Crippen LogP contribution in [0.1, 0.15) is 17.3 Å². The summed E-state index contributed by atoms with van der Waals surface area (Å²) in [6.45, 7) is 2.13. The van der Waals surface area contributed by atoms with E-state index >= 15 is 0 Å². The zero-order valence-electron chi connectivity index (χ0n) is 11.2. The average Bonchev–Trinajstić information content (AvgIpc) is 2.44. The normalized spacial score (nSPS) is 10.2. The summed E-state index contributed by atoms with van der Waals surface area (Å²) in [6.07, 6.45) is 0. The number of anilines is 2. The summed E-state index contributed by atoms with van der Waals surface area (Å²) in [5.74, 6) is -1.49. The van der Waals surface area contributed by atoms with Crippen LogP contribution >= 0.6 is 11.6 Å². The standard InChI is InChI=1S/C15H13ClFNO3/c1-2-21-14-6-4-10(8-12(14)17)18-13-5-3-9(16)7-11(13)15(19)20/h3-8,18H,2H2,1H3,(H,19,20). The molecule has 0 radical (unpaired) electrons. The predicted molar refractivity (Wildman–Crippen MR) is 79.3 cm³/mol. The molecular formula is C15H13ClFNO3. The second-order valence-corrected chi connectivity index (χ2v) is 4.63. The number of carboxylic acid groups (broad SMARTS) is 1. The van der Waals surface area contributed by atoms with Crippen molar-refractivity contribution in [3.8, 4) is 5.75 Å². The van der Waals surface area contributed by atoms with Gasteiger partial charge in [0.25, 0.3) is 0 Å². The molecule has 2 aromatic rings.